The highest BCUT2D eigenvalue weighted by Gasteiger charge is 2.33. The second kappa shape index (κ2) is 6.58. The van der Waals surface area contributed by atoms with E-state index in [4.69, 9.17) is 27.4 Å². The lowest BCUT2D eigenvalue weighted by Crippen LogP contribution is -2.27. The van der Waals surface area contributed by atoms with Gasteiger partial charge in [0.2, 0.25) is 0 Å². The molecule has 1 aliphatic rings. The molecule has 6 heteroatoms. The predicted octanol–water partition coefficient (Wildman–Crippen LogP) is 1.31. The van der Waals surface area contributed by atoms with E-state index in [1.807, 2.05) is 0 Å². The molecule has 0 bridgehead atoms. The highest BCUT2D eigenvalue weighted by atomic mass is 32.1. The van der Waals surface area contributed by atoms with Gasteiger partial charge in [-0.2, -0.15) is 0 Å². The minimum absolute atomic E-state index is 0.0268. The molecule has 110 valence electrons. The van der Waals surface area contributed by atoms with Crippen LogP contribution < -0.4 is 5.73 Å². The SMILES string of the molecule is COC1CN(Cc2ccc(C(N)=S)cc2F)CC1OC. The topological polar surface area (TPSA) is 47.7 Å². The first-order chi connectivity index (χ1) is 9.55. The Morgan fingerprint density at radius 1 is 1.35 bits per heavy atom. The second-order valence-corrected chi connectivity index (χ2v) is 5.35. The first-order valence-electron chi connectivity index (χ1n) is 6.41. The van der Waals surface area contributed by atoms with Crippen molar-refractivity contribution >= 4 is 17.2 Å². The highest BCUT2D eigenvalue weighted by Crippen LogP contribution is 2.20. The summed E-state index contributed by atoms with van der Waals surface area (Å²) in [6.45, 7) is 1.97. The fourth-order valence-electron chi connectivity index (χ4n) is 2.47. The summed E-state index contributed by atoms with van der Waals surface area (Å²) in [4.78, 5) is 2.32. The number of likely N-dealkylation sites (tertiary alicyclic amines) is 1. The zero-order valence-corrected chi connectivity index (χ0v) is 12.5. The van der Waals surface area contributed by atoms with Crippen molar-refractivity contribution in [3.8, 4) is 0 Å². The van der Waals surface area contributed by atoms with Gasteiger partial charge in [-0.15, -0.1) is 0 Å². The van der Waals surface area contributed by atoms with Crippen LogP contribution >= 0.6 is 12.2 Å². The van der Waals surface area contributed by atoms with E-state index in [9.17, 15) is 4.39 Å². The molecule has 1 heterocycles. The minimum Gasteiger partial charge on any atom is -0.389 e. The molecule has 1 aromatic rings. The zero-order chi connectivity index (χ0) is 14.7. The molecule has 0 aromatic heterocycles. The largest absolute Gasteiger partial charge is 0.389 e. The predicted molar refractivity (Wildman–Crippen MR) is 79.2 cm³/mol. The summed E-state index contributed by atoms with van der Waals surface area (Å²) < 4.78 is 24.8. The van der Waals surface area contributed by atoms with Crippen LogP contribution in [0.2, 0.25) is 0 Å². The standard InChI is InChI=1S/C14H19FN2O2S/c1-18-12-7-17(8-13(12)19-2)6-10-4-3-9(14(16)20)5-11(10)15/h3-5,12-13H,6-8H2,1-2H3,(H2,16,20). The third kappa shape index (κ3) is 3.32. The molecule has 1 saturated heterocycles. The van der Waals surface area contributed by atoms with E-state index in [-0.39, 0.29) is 23.0 Å². The lowest BCUT2D eigenvalue weighted by Gasteiger charge is -2.16. The molecule has 0 saturated carbocycles. The zero-order valence-electron chi connectivity index (χ0n) is 11.6. The molecule has 1 fully saturated rings. The lowest BCUT2D eigenvalue weighted by atomic mass is 10.1. The maximum atomic E-state index is 14.0. The average molecular weight is 298 g/mol. The number of benzene rings is 1. The van der Waals surface area contributed by atoms with Crippen LogP contribution in [0.4, 0.5) is 4.39 Å². The number of methoxy groups -OCH3 is 2. The van der Waals surface area contributed by atoms with Gasteiger partial charge in [0.05, 0.1) is 12.2 Å². The van der Waals surface area contributed by atoms with E-state index in [0.717, 1.165) is 13.1 Å². The normalized spacial score (nSPS) is 23.1. The highest BCUT2D eigenvalue weighted by molar-refractivity contribution is 7.80. The number of thiocarbonyl (C=S) groups is 1. The van der Waals surface area contributed by atoms with Gasteiger partial charge in [0.1, 0.15) is 10.8 Å². The molecule has 0 radical (unpaired) electrons. The lowest BCUT2D eigenvalue weighted by molar-refractivity contribution is -0.00461. The van der Waals surface area contributed by atoms with Gasteiger partial charge in [0.15, 0.2) is 0 Å². The molecule has 0 aliphatic carbocycles. The summed E-state index contributed by atoms with van der Waals surface area (Å²) in [5.74, 6) is -0.287. The first kappa shape index (κ1) is 15.3. The molecule has 2 atom stereocenters. The van der Waals surface area contributed by atoms with Crippen LogP contribution in [0.5, 0.6) is 0 Å². The van der Waals surface area contributed by atoms with Crippen molar-refractivity contribution in [1.29, 1.82) is 0 Å². The summed E-state index contributed by atoms with van der Waals surface area (Å²) in [5.41, 5.74) is 6.66. The van der Waals surface area contributed by atoms with Crippen LogP contribution in [0.3, 0.4) is 0 Å². The third-order valence-corrected chi connectivity index (χ3v) is 3.86. The van der Waals surface area contributed by atoms with E-state index >= 15 is 0 Å². The number of nitrogens with zero attached hydrogens (tertiary/aromatic N) is 1. The van der Waals surface area contributed by atoms with Crippen LogP contribution in [-0.4, -0.2) is 49.4 Å². The van der Waals surface area contributed by atoms with Gasteiger partial charge in [0.25, 0.3) is 0 Å². The van der Waals surface area contributed by atoms with Crippen molar-refractivity contribution in [2.45, 2.75) is 18.8 Å². The number of rotatable bonds is 5. The molecule has 1 aromatic carbocycles. The minimum atomic E-state index is -0.287. The Balaban J connectivity index is 2.06. The molecule has 1 aliphatic heterocycles. The summed E-state index contributed by atoms with van der Waals surface area (Å²) >= 11 is 4.84. The van der Waals surface area contributed by atoms with Crippen LogP contribution in [0, 0.1) is 5.82 Å². The molecule has 4 nitrogen and oxygen atoms in total. The van der Waals surface area contributed by atoms with Crippen molar-refractivity contribution < 1.29 is 13.9 Å². The van der Waals surface area contributed by atoms with Crippen LogP contribution in [0.15, 0.2) is 18.2 Å². The monoisotopic (exact) mass is 298 g/mol. The van der Waals surface area contributed by atoms with Crippen molar-refractivity contribution in [1.82, 2.24) is 4.90 Å². The Morgan fingerprint density at radius 2 is 1.95 bits per heavy atom. The number of hydrogen-bond acceptors (Lipinski definition) is 4. The summed E-state index contributed by atoms with van der Waals surface area (Å²) in [7, 11) is 3.33. The van der Waals surface area contributed by atoms with Gasteiger partial charge < -0.3 is 15.2 Å². The number of ether oxygens (including phenoxy) is 2. The Morgan fingerprint density at radius 3 is 2.40 bits per heavy atom. The van der Waals surface area contributed by atoms with E-state index < -0.39 is 0 Å². The second-order valence-electron chi connectivity index (χ2n) is 4.91. The molecular formula is C14H19FN2O2S. The number of nitrogens with two attached hydrogens (primary N) is 1. The Bertz CT molecular complexity index is 486. The molecule has 0 spiro atoms. The van der Waals surface area contributed by atoms with E-state index in [1.54, 1.807) is 26.4 Å². The van der Waals surface area contributed by atoms with Crippen LogP contribution in [0.1, 0.15) is 11.1 Å². The van der Waals surface area contributed by atoms with Gasteiger partial charge in [0, 0.05) is 45.0 Å². The van der Waals surface area contributed by atoms with Gasteiger partial charge in [-0.05, 0) is 6.07 Å². The van der Waals surface area contributed by atoms with Crippen molar-refractivity contribution in [3.05, 3.63) is 35.1 Å². The van der Waals surface area contributed by atoms with Gasteiger partial charge in [-0.25, -0.2) is 4.39 Å². The van der Waals surface area contributed by atoms with Crippen molar-refractivity contribution in [3.63, 3.8) is 0 Å². The molecular weight excluding hydrogens is 279 g/mol. The van der Waals surface area contributed by atoms with Crippen LogP contribution in [-0.2, 0) is 16.0 Å². The van der Waals surface area contributed by atoms with Gasteiger partial charge in [-0.1, -0.05) is 24.4 Å². The molecule has 2 N–H and O–H groups in total. The van der Waals surface area contributed by atoms with E-state index in [0.29, 0.717) is 17.7 Å². The van der Waals surface area contributed by atoms with Crippen molar-refractivity contribution in [2.75, 3.05) is 27.3 Å². The van der Waals surface area contributed by atoms with Crippen LogP contribution in [0.25, 0.3) is 0 Å². The Kier molecular flexibility index (Phi) is 5.04. The maximum absolute atomic E-state index is 14.0. The summed E-state index contributed by atoms with van der Waals surface area (Å²) in [6, 6.07) is 4.86. The third-order valence-electron chi connectivity index (χ3n) is 3.63. The van der Waals surface area contributed by atoms with Gasteiger partial charge in [-0.3, -0.25) is 4.90 Å². The summed E-state index contributed by atoms with van der Waals surface area (Å²) in [6.07, 6.45) is 0.0536. The fourth-order valence-corrected chi connectivity index (χ4v) is 2.60. The number of hydrogen-bond donors (Lipinski definition) is 1. The van der Waals surface area contributed by atoms with E-state index in [2.05, 4.69) is 4.90 Å². The first-order valence-corrected chi connectivity index (χ1v) is 6.82. The quantitative estimate of drug-likeness (QED) is 0.831. The molecule has 2 rings (SSSR count). The smallest absolute Gasteiger partial charge is 0.128 e. The number of halogens is 1. The fraction of sp³-hybridized carbons (Fsp3) is 0.500. The Labute approximate surface area is 123 Å². The Hall–Kier alpha value is -1.08. The summed E-state index contributed by atoms with van der Waals surface area (Å²) in [5, 5.41) is 0. The van der Waals surface area contributed by atoms with Crippen molar-refractivity contribution in [2.24, 2.45) is 5.73 Å². The maximum Gasteiger partial charge on any atom is 0.128 e. The average Bonchev–Trinajstić information content (AvgIpc) is 2.83. The molecule has 2 unspecified atom stereocenters. The van der Waals surface area contributed by atoms with Gasteiger partial charge >= 0.3 is 0 Å². The molecule has 0 amide bonds. The van der Waals surface area contributed by atoms with E-state index in [1.165, 1.54) is 6.07 Å². The molecule has 20 heavy (non-hydrogen) atoms.